The Balaban J connectivity index is 0.00000386. The maximum absolute atomic E-state index is 11.7. The first kappa shape index (κ1) is 32.9. The molecule has 1 aliphatic carbocycles. The van der Waals surface area contributed by atoms with Gasteiger partial charge in [-0.1, -0.05) is 109 Å². The summed E-state index contributed by atoms with van der Waals surface area (Å²) in [5, 5.41) is 11.7. The number of para-hydroxylation sites is 1. The van der Waals surface area contributed by atoms with Crippen LogP contribution in [0.2, 0.25) is 0 Å². The number of fused-ring (bicyclic) bond motifs is 4. The average molecular weight is 800 g/mol. The average Bonchev–Trinajstić information content (AvgIpc) is 3.47. The minimum atomic E-state index is -0.229. The Morgan fingerprint density at radius 3 is 2.15 bits per heavy atom. The summed E-state index contributed by atoms with van der Waals surface area (Å²) in [4.78, 5) is 10.2. The van der Waals surface area contributed by atoms with Crippen LogP contribution in [0.1, 0.15) is 77.6 Å². The summed E-state index contributed by atoms with van der Waals surface area (Å²) in [6, 6.07) is 31.4. The van der Waals surface area contributed by atoms with E-state index in [2.05, 4.69) is 145 Å². The number of hydrogen-bond donors (Lipinski definition) is 1. The number of benzene rings is 4. The molecule has 0 unspecified atom stereocenters. The largest absolute Gasteiger partial charge is 0.507 e. The van der Waals surface area contributed by atoms with Crippen LogP contribution in [0.15, 0.2) is 85.1 Å². The van der Waals surface area contributed by atoms with Crippen molar-refractivity contribution in [3.63, 3.8) is 0 Å². The van der Waals surface area contributed by atoms with Gasteiger partial charge in [0.1, 0.15) is 11.6 Å². The van der Waals surface area contributed by atoms with Crippen LogP contribution in [-0.2, 0) is 44.4 Å². The summed E-state index contributed by atoms with van der Waals surface area (Å²) in [6.45, 7) is 17.6. The summed E-state index contributed by atoms with van der Waals surface area (Å²) in [5.41, 5.74) is 13.2. The van der Waals surface area contributed by atoms with E-state index in [0.29, 0.717) is 5.75 Å². The number of imidazole rings is 1. The van der Waals surface area contributed by atoms with Gasteiger partial charge < -0.3 is 9.67 Å². The molecule has 0 spiro atoms. The molecule has 0 fully saturated rings. The van der Waals surface area contributed by atoms with Crippen molar-refractivity contribution in [2.24, 2.45) is 7.05 Å². The monoisotopic (exact) mass is 799 g/mol. The Hall–Kier alpha value is -4.01. The zero-order valence-electron chi connectivity index (χ0n) is 28.7. The molecule has 1 N–H and O–H groups in total. The van der Waals surface area contributed by atoms with E-state index in [1.165, 1.54) is 27.8 Å². The first-order chi connectivity index (χ1) is 21.7. The molecule has 2 heterocycles. The molecule has 0 bridgehead atoms. The van der Waals surface area contributed by atoms with Crippen molar-refractivity contribution in [2.75, 3.05) is 0 Å². The summed E-state index contributed by atoms with van der Waals surface area (Å²) in [6.07, 6.45) is 1.92. The minimum Gasteiger partial charge on any atom is -0.507 e. The van der Waals surface area contributed by atoms with Gasteiger partial charge >= 0.3 is 0 Å². The van der Waals surface area contributed by atoms with Gasteiger partial charge in [0.25, 0.3) is 0 Å². The number of rotatable bonds is 3. The van der Waals surface area contributed by atoms with E-state index < -0.39 is 0 Å². The molecule has 6 aromatic rings. The van der Waals surface area contributed by atoms with E-state index in [-0.39, 0.29) is 37.3 Å². The Morgan fingerprint density at radius 2 is 1.43 bits per heavy atom. The maximum Gasteiger partial charge on any atom is 0.143 e. The first-order valence-electron chi connectivity index (χ1n) is 16.1. The van der Waals surface area contributed by atoms with Crippen LogP contribution in [0.5, 0.6) is 5.75 Å². The van der Waals surface area contributed by atoms with Gasteiger partial charge in [-0.2, -0.15) is 0 Å². The minimum absolute atomic E-state index is 0. The number of phenolic OH excluding ortho intramolecular Hbond substituents is 1. The van der Waals surface area contributed by atoms with Crippen LogP contribution in [-0.4, -0.2) is 19.6 Å². The second-order valence-electron chi connectivity index (χ2n) is 15.3. The molecule has 0 aliphatic heterocycles. The SMILES string of the molecule is Cn1c(-c2cc(C(C)(C)C)cc(C(C)(C)C)c2O)nc2c(-c3[c-]c(-c4nccc5c4C(C)(C)c4ccccc4-5)ccc3)cccc21.[Pt]. The molecular weight excluding hydrogens is 758 g/mol. The van der Waals surface area contributed by atoms with Crippen molar-refractivity contribution in [3.8, 4) is 50.6 Å². The fourth-order valence-electron chi connectivity index (χ4n) is 7.17. The van der Waals surface area contributed by atoms with E-state index in [1.807, 2.05) is 13.2 Å². The molecule has 0 amide bonds. The maximum atomic E-state index is 11.7. The summed E-state index contributed by atoms with van der Waals surface area (Å²) < 4.78 is 2.10. The first-order valence-corrected chi connectivity index (χ1v) is 16.1. The number of pyridine rings is 1. The van der Waals surface area contributed by atoms with Gasteiger partial charge in [-0.3, -0.25) is 4.98 Å². The van der Waals surface area contributed by atoms with Crippen LogP contribution >= 0.6 is 0 Å². The molecule has 242 valence electrons. The third-order valence-corrected chi connectivity index (χ3v) is 9.74. The van der Waals surface area contributed by atoms with E-state index in [0.717, 1.165) is 50.4 Å². The van der Waals surface area contributed by atoms with Crippen molar-refractivity contribution in [1.82, 2.24) is 14.5 Å². The summed E-state index contributed by atoms with van der Waals surface area (Å²) in [7, 11) is 2.03. The number of nitrogens with zero attached hydrogens (tertiary/aromatic N) is 3. The smallest absolute Gasteiger partial charge is 0.143 e. The molecule has 0 saturated carbocycles. The molecule has 0 atom stereocenters. The topological polar surface area (TPSA) is 50.9 Å². The van der Waals surface area contributed by atoms with Crippen molar-refractivity contribution in [2.45, 2.75) is 71.6 Å². The van der Waals surface area contributed by atoms with E-state index in [9.17, 15) is 5.11 Å². The number of aromatic nitrogens is 3. The van der Waals surface area contributed by atoms with E-state index >= 15 is 0 Å². The van der Waals surface area contributed by atoms with E-state index in [4.69, 9.17) is 9.97 Å². The molecule has 1 aliphatic rings. The second kappa shape index (κ2) is 11.3. The van der Waals surface area contributed by atoms with Crippen LogP contribution in [0.3, 0.4) is 0 Å². The molecule has 47 heavy (non-hydrogen) atoms. The fourth-order valence-corrected chi connectivity index (χ4v) is 7.17. The molecular formula is C42H42N3OPt-. The van der Waals surface area contributed by atoms with Crippen LogP contribution in [0, 0.1) is 6.07 Å². The van der Waals surface area contributed by atoms with Crippen molar-refractivity contribution < 1.29 is 26.2 Å². The van der Waals surface area contributed by atoms with Crippen LogP contribution < -0.4 is 0 Å². The Bertz CT molecular complexity index is 2180. The van der Waals surface area contributed by atoms with Gasteiger partial charge in [0.15, 0.2) is 0 Å². The van der Waals surface area contributed by atoms with Crippen LogP contribution in [0.4, 0.5) is 0 Å². The predicted molar refractivity (Wildman–Crippen MR) is 190 cm³/mol. The standard InChI is InChI=1S/C42H42N3O.Pt/c1-40(2,3)27-23-31(38(46)33(24-27)41(4,5)6)39-44-37-28(17-13-19-34(37)45(39)9)25-14-12-15-26(22-25)36-35-30(20-21-43-36)29-16-10-11-18-32(29)42(35,7)8;/h10-21,23-24,46H,1-9H3;/q-1;. The number of phenols is 1. The van der Waals surface area contributed by atoms with Gasteiger partial charge in [-0.05, 0) is 56.8 Å². The zero-order chi connectivity index (χ0) is 32.8. The third kappa shape index (κ3) is 5.26. The van der Waals surface area contributed by atoms with Gasteiger partial charge in [0.05, 0.1) is 16.6 Å². The van der Waals surface area contributed by atoms with E-state index in [1.54, 1.807) is 0 Å². The Morgan fingerprint density at radius 1 is 0.745 bits per heavy atom. The van der Waals surface area contributed by atoms with Crippen molar-refractivity contribution in [3.05, 3.63) is 113 Å². The zero-order valence-corrected chi connectivity index (χ0v) is 31.0. The second-order valence-corrected chi connectivity index (χ2v) is 15.3. The molecule has 0 saturated heterocycles. The molecule has 4 aromatic carbocycles. The van der Waals surface area contributed by atoms with Gasteiger partial charge in [0.2, 0.25) is 0 Å². The number of aromatic hydroxyl groups is 1. The van der Waals surface area contributed by atoms with Crippen LogP contribution in [0.25, 0.3) is 55.9 Å². The third-order valence-electron chi connectivity index (χ3n) is 9.74. The fraction of sp³-hybridized carbons (Fsp3) is 0.286. The quantitative estimate of drug-likeness (QED) is 0.182. The summed E-state index contributed by atoms with van der Waals surface area (Å²) >= 11 is 0. The normalized spacial score (nSPS) is 13.7. The number of hydrogen-bond acceptors (Lipinski definition) is 3. The Labute approximate surface area is 293 Å². The van der Waals surface area contributed by atoms with Gasteiger partial charge in [0, 0.05) is 51.0 Å². The summed E-state index contributed by atoms with van der Waals surface area (Å²) in [5.74, 6) is 1.04. The van der Waals surface area contributed by atoms with Gasteiger partial charge in [-0.15, -0.1) is 29.8 Å². The Kier molecular flexibility index (Phi) is 7.92. The molecule has 0 radical (unpaired) electrons. The predicted octanol–water partition coefficient (Wildman–Crippen LogP) is 10.4. The molecule has 2 aromatic heterocycles. The van der Waals surface area contributed by atoms with Gasteiger partial charge in [-0.25, -0.2) is 4.98 Å². The molecule has 7 rings (SSSR count). The van der Waals surface area contributed by atoms with Crippen molar-refractivity contribution in [1.29, 1.82) is 0 Å². The number of aryl methyl sites for hydroxylation is 1. The van der Waals surface area contributed by atoms with Crippen molar-refractivity contribution >= 4 is 11.0 Å². The molecule has 5 heteroatoms. The molecule has 4 nitrogen and oxygen atoms in total.